The number of carbonyl (C=O) groups excluding carboxylic acids is 2. The van der Waals surface area contributed by atoms with Crippen LogP contribution in [0.4, 0.5) is 8.78 Å². The number of nitrogens with zero attached hydrogens (tertiary/aromatic N) is 2. The van der Waals surface area contributed by atoms with Crippen molar-refractivity contribution >= 4 is 23.4 Å². The second kappa shape index (κ2) is 11.0. The number of likely N-dealkylation sites (tertiary alicyclic amines) is 2. The second-order valence-corrected chi connectivity index (χ2v) is 10.2. The number of halogens is 3. The average molecular weight is 524 g/mol. The molecule has 0 bridgehead atoms. The first kappa shape index (κ1) is 25.4. The molecule has 37 heavy (non-hydrogen) atoms. The van der Waals surface area contributed by atoms with Crippen molar-refractivity contribution in [1.82, 2.24) is 15.1 Å². The molecule has 8 heteroatoms. The molecule has 0 spiro atoms. The summed E-state index contributed by atoms with van der Waals surface area (Å²) in [5.74, 6) is -1.08. The quantitative estimate of drug-likeness (QED) is 0.464. The number of hydrogen-bond acceptors (Lipinski definition) is 3. The van der Waals surface area contributed by atoms with Crippen molar-refractivity contribution in [2.75, 3.05) is 32.7 Å². The van der Waals surface area contributed by atoms with E-state index in [-0.39, 0.29) is 34.0 Å². The first-order chi connectivity index (χ1) is 17.9. The summed E-state index contributed by atoms with van der Waals surface area (Å²) in [5, 5.41) is 3.20. The molecule has 5 nitrogen and oxygen atoms in total. The van der Waals surface area contributed by atoms with E-state index in [0.29, 0.717) is 31.3 Å². The highest BCUT2D eigenvalue weighted by Crippen LogP contribution is 2.33. The maximum absolute atomic E-state index is 14.3. The zero-order valence-electron chi connectivity index (χ0n) is 20.2. The maximum Gasteiger partial charge on any atom is 0.258 e. The van der Waals surface area contributed by atoms with Gasteiger partial charge in [-0.15, -0.1) is 0 Å². The van der Waals surface area contributed by atoms with E-state index in [9.17, 15) is 18.4 Å². The van der Waals surface area contributed by atoms with Gasteiger partial charge in [-0.3, -0.25) is 9.59 Å². The van der Waals surface area contributed by atoms with Crippen LogP contribution < -0.4 is 5.32 Å². The Labute approximate surface area is 220 Å². The molecular weight excluding hydrogens is 496 g/mol. The number of fused-ring (bicyclic) bond motifs is 1. The van der Waals surface area contributed by atoms with Gasteiger partial charge in [0.2, 0.25) is 0 Å². The lowest BCUT2D eigenvalue weighted by atomic mass is 10.0. The lowest BCUT2D eigenvalue weighted by Gasteiger charge is -2.25. The van der Waals surface area contributed by atoms with Gasteiger partial charge in [0, 0.05) is 38.3 Å². The van der Waals surface area contributed by atoms with Crippen molar-refractivity contribution in [1.29, 1.82) is 0 Å². The highest BCUT2D eigenvalue weighted by molar-refractivity contribution is 6.33. The third-order valence-corrected chi connectivity index (χ3v) is 7.67. The number of carbonyl (C=O) groups is 2. The lowest BCUT2D eigenvalue weighted by molar-refractivity contribution is 0.0769. The molecule has 2 amide bonds. The summed E-state index contributed by atoms with van der Waals surface area (Å²) in [5.41, 5.74) is 1.22. The van der Waals surface area contributed by atoms with Crippen molar-refractivity contribution in [2.45, 2.75) is 12.5 Å². The van der Waals surface area contributed by atoms with Gasteiger partial charge in [-0.2, -0.15) is 0 Å². The van der Waals surface area contributed by atoms with Gasteiger partial charge in [-0.1, -0.05) is 54.1 Å². The predicted octanol–water partition coefficient (Wildman–Crippen LogP) is 5.18. The summed E-state index contributed by atoms with van der Waals surface area (Å²) in [7, 11) is 0. The summed E-state index contributed by atoms with van der Waals surface area (Å²) >= 11 is 6.11. The van der Waals surface area contributed by atoms with Crippen LogP contribution in [0.3, 0.4) is 0 Å². The van der Waals surface area contributed by atoms with Gasteiger partial charge < -0.3 is 15.1 Å². The third-order valence-electron chi connectivity index (χ3n) is 7.35. The van der Waals surface area contributed by atoms with Crippen molar-refractivity contribution < 1.29 is 18.4 Å². The maximum atomic E-state index is 14.3. The van der Waals surface area contributed by atoms with Crippen LogP contribution >= 0.6 is 11.6 Å². The van der Waals surface area contributed by atoms with E-state index in [1.807, 2.05) is 30.3 Å². The summed E-state index contributed by atoms with van der Waals surface area (Å²) in [4.78, 5) is 29.8. The SMILES string of the molecule is O=C(N[C@@H](CCN1CC2CN(C(=O)c3c(F)cccc3Cl)CC2C1)c1ccccc1)c1cccc(F)c1. The molecule has 2 fully saturated rings. The van der Waals surface area contributed by atoms with E-state index in [1.54, 1.807) is 11.0 Å². The molecule has 2 unspecified atom stereocenters. The predicted molar refractivity (Wildman–Crippen MR) is 138 cm³/mol. The van der Waals surface area contributed by atoms with E-state index in [4.69, 9.17) is 11.6 Å². The third kappa shape index (κ3) is 5.68. The molecular formula is C29H28ClF2N3O2. The van der Waals surface area contributed by atoms with Gasteiger partial charge in [0.1, 0.15) is 11.6 Å². The fraction of sp³-hybridized carbons (Fsp3) is 0.310. The van der Waals surface area contributed by atoms with Gasteiger partial charge in [0.25, 0.3) is 11.8 Å². The number of amides is 2. The fourth-order valence-corrected chi connectivity index (χ4v) is 5.73. The van der Waals surface area contributed by atoms with Gasteiger partial charge in [0.05, 0.1) is 16.6 Å². The lowest BCUT2D eigenvalue weighted by Crippen LogP contribution is -2.35. The molecule has 3 aromatic carbocycles. The number of nitrogens with one attached hydrogen (secondary N) is 1. The van der Waals surface area contributed by atoms with Crippen molar-refractivity contribution in [3.63, 3.8) is 0 Å². The molecule has 3 atom stereocenters. The molecule has 0 saturated carbocycles. The Morgan fingerprint density at radius 3 is 2.30 bits per heavy atom. The van der Waals surface area contributed by atoms with Crippen molar-refractivity contribution in [3.8, 4) is 0 Å². The number of rotatable bonds is 7. The van der Waals surface area contributed by atoms with Crippen molar-refractivity contribution in [2.24, 2.45) is 11.8 Å². The fourth-order valence-electron chi connectivity index (χ4n) is 5.49. The van der Waals surface area contributed by atoms with Crippen LogP contribution in [-0.2, 0) is 0 Å². The number of hydrogen-bond donors (Lipinski definition) is 1. The standard InChI is InChI=1S/C29H28ClF2N3O2/c30-24-10-5-11-25(32)27(24)29(37)35-17-21-15-34(16-22(21)18-35)13-12-26(19-6-2-1-3-7-19)33-28(36)20-8-4-9-23(31)14-20/h1-11,14,21-22,26H,12-13,15-18H2,(H,33,36)/t21?,22?,26-/m0/s1. The van der Waals surface area contributed by atoms with E-state index >= 15 is 0 Å². The van der Waals surface area contributed by atoms with Crippen LogP contribution in [0.1, 0.15) is 38.7 Å². The highest BCUT2D eigenvalue weighted by Gasteiger charge is 2.42. The molecule has 0 aromatic heterocycles. The minimum Gasteiger partial charge on any atom is -0.345 e. The molecule has 5 rings (SSSR count). The molecule has 2 saturated heterocycles. The van der Waals surface area contributed by atoms with Crippen LogP contribution in [0.25, 0.3) is 0 Å². The van der Waals surface area contributed by atoms with Gasteiger partial charge >= 0.3 is 0 Å². The summed E-state index contributed by atoms with van der Waals surface area (Å²) in [6.07, 6.45) is 0.692. The molecule has 0 radical (unpaired) electrons. The first-order valence-corrected chi connectivity index (χ1v) is 12.8. The molecule has 2 aliphatic heterocycles. The van der Waals surface area contributed by atoms with Crippen LogP contribution in [0.5, 0.6) is 0 Å². The zero-order valence-corrected chi connectivity index (χ0v) is 21.0. The van der Waals surface area contributed by atoms with E-state index in [0.717, 1.165) is 25.2 Å². The summed E-state index contributed by atoms with van der Waals surface area (Å²) in [6, 6.07) is 19.5. The largest absolute Gasteiger partial charge is 0.345 e. The van der Waals surface area contributed by atoms with Gasteiger partial charge in [-0.25, -0.2) is 8.78 Å². The Morgan fingerprint density at radius 2 is 1.62 bits per heavy atom. The van der Waals surface area contributed by atoms with Crippen LogP contribution in [-0.4, -0.2) is 54.3 Å². The molecule has 3 aromatic rings. The topological polar surface area (TPSA) is 52.7 Å². The van der Waals surface area contributed by atoms with Gasteiger partial charge in [-0.05, 0) is 54.2 Å². The monoisotopic (exact) mass is 523 g/mol. The minimum absolute atomic E-state index is 0.0549. The summed E-state index contributed by atoms with van der Waals surface area (Å²) < 4.78 is 27.9. The molecule has 2 aliphatic rings. The summed E-state index contributed by atoms with van der Waals surface area (Å²) in [6.45, 7) is 3.58. The molecule has 2 heterocycles. The van der Waals surface area contributed by atoms with E-state index < -0.39 is 11.6 Å². The molecule has 192 valence electrons. The highest BCUT2D eigenvalue weighted by atomic mass is 35.5. The zero-order chi connectivity index (χ0) is 25.9. The van der Waals surface area contributed by atoms with E-state index in [2.05, 4.69) is 10.2 Å². The van der Waals surface area contributed by atoms with Crippen molar-refractivity contribution in [3.05, 3.63) is 106 Å². The minimum atomic E-state index is -0.594. The van der Waals surface area contributed by atoms with Crippen LogP contribution in [0.2, 0.25) is 5.02 Å². The molecule has 0 aliphatic carbocycles. The van der Waals surface area contributed by atoms with E-state index in [1.165, 1.54) is 36.4 Å². The Bertz CT molecular complexity index is 1250. The smallest absolute Gasteiger partial charge is 0.258 e. The molecule has 1 N–H and O–H groups in total. The Hall–Kier alpha value is -3.29. The number of benzene rings is 3. The second-order valence-electron chi connectivity index (χ2n) is 9.82. The first-order valence-electron chi connectivity index (χ1n) is 12.5. The van der Waals surface area contributed by atoms with Crippen LogP contribution in [0.15, 0.2) is 72.8 Å². The normalized spacial score (nSPS) is 20.0. The Morgan fingerprint density at radius 1 is 0.919 bits per heavy atom. The Balaban J connectivity index is 1.19. The Kier molecular flexibility index (Phi) is 7.53. The van der Waals surface area contributed by atoms with Gasteiger partial charge in [0.15, 0.2) is 0 Å². The van der Waals surface area contributed by atoms with Crippen LogP contribution in [0, 0.1) is 23.5 Å². The average Bonchev–Trinajstić information content (AvgIpc) is 3.46.